The van der Waals surface area contributed by atoms with Gasteiger partial charge in [-0.3, -0.25) is 9.59 Å². The molecule has 0 bridgehead atoms. The first-order valence-corrected chi connectivity index (χ1v) is 18.9. The molecule has 5 atom stereocenters. The first kappa shape index (κ1) is 39.8. The summed E-state index contributed by atoms with van der Waals surface area (Å²) < 4.78 is 14.9. The minimum atomic E-state index is -0.902. The van der Waals surface area contributed by atoms with E-state index in [1.54, 1.807) is 22.9 Å². The zero-order valence-corrected chi connectivity index (χ0v) is 32.9. The monoisotopic (exact) mass is 766 g/mol. The van der Waals surface area contributed by atoms with Crippen LogP contribution in [0.15, 0.2) is 42.6 Å². The summed E-state index contributed by atoms with van der Waals surface area (Å²) in [4.78, 5) is 71.0. The number of imidazole rings is 2. The van der Waals surface area contributed by atoms with Crippen LogP contribution in [0.4, 0.5) is 9.59 Å². The summed E-state index contributed by atoms with van der Waals surface area (Å²) in [6, 6.07) is 10.1. The van der Waals surface area contributed by atoms with Crippen LogP contribution in [0.5, 0.6) is 0 Å². The number of aromatic amines is 2. The molecule has 4 amide bonds. The van der Waals surface area contributed by atoms with Crippen molar-refractivity contribution in [1.82, 2.24) is 40.4 Å². The van der Waals surface area contributed by atoms with Crippen LogP contribution in [-0.4, -0.2) is 106 Å². The normalized spacial score (nSPS) is 18.3. The maximum absolute atomic E-state index is 13.6. The van der Waals surface area contributed by atoms with E-state index in [0.717, 1.165) is 59.0 Å². The van der Waals surface area contributed by atoms with Crippen molar-refractivity contribution >= 4 is 34.8 Å². The third-order valence-electron chi connectivity index (χ3n) is 10.6. The molecule has 2 saturated heterocycles. The number of likely N-dealkylation sites (tertiary alicyclic amines) is 2. The van der Waals surface area contributed by atoms with Crippen LogP contribution in [0.2, 0.25) is 0 Å². The topological polar surface area (TPSA) is 184 Å². The largest absolute Gasteiger partial charge is 0.453 e. The second kappa shape index (κ2) is 17.3. The number of hydrogen-bond donors (Lipinski definition) is 4. The zero-order chi connectivity index (χ0) is 40.1. The van der Waals surface area contributed by atoms with Crippen LogP contribution < -0.4 is 10.6 Å². The van der Waals surface area contributed by atoms with Crippen molar-refractivity contribution < 1.29 is 33.4 Å². The molecule has 15 heteroatoms. The summed E-state index contributed by atoms with van der Waals surface area (Å²) in [6.45, 7) is 8.54. The SMILES string of the molecule is COC(=O)NC(C(=O)N1CCCC1c1ncc(-c2ccc3cc(C#Cc4nc(C5CCCN5C(=O)[C@@H](NC(=O)OC)C(C)C)[nH]c4C)ccc3c2)[nH]1)[C@@H](C)OC. The van der Waals surface area contributed by atoms with Crippen molar-refractivity contribution in [2.24, 2.45) is 5.92 Å². The van der Waals surface area contributed by atoms with Crippen molar-refractivity contribution in [2.45, 2.75) is 83.6 Å². The first-order valence-electron chi connectivity index (χ1n) is 18.9. The molecule has 4 aromatic rings. The highest BCUT2D eigenvalue weighted by Crippen LogP contribution is 2.34. The lowest BCUT2D eigenvalue weighted by atomic mass is 10.0. The molecule has 0 aliphatic carbocycles. The summed E-state index contributed by atoms with van der Waals surface area (Å²) >= 11 is 0. The summed E-state index contributed by atoms with van der Waals surface area (Å²) in [7, 11) is 4.03. The number of nitrogens with zero attached hydrogens (tertiary/aromatic N) is 4. The van der Waals surface area contributed by atoms with Gasteiger partial charge in [-0.25, -0.2) is 19.6 Å². The number of ether oxygens (including phenoxy) is 3. The predicted molar refractivity (Wildman–Crippen MR) is 208 cm³/mol. The Kier molecular flexibility index (Phi) is 12.3. The van der Waals surface area contributed by atoms with E-state index >= 15 is 0 Å². The van der Waals surface area contributed by atoms with Gasteiger partial charge in [0, 0.05) is 37.0 Å². The molecule has 2 aromatic heterocycles. The molecule has 3 unspecified atom stereocenters. The second-order valence-corrected chi connectivity index (χ2v) is 14.6. The molecule has 2 aromatic carbocycles. The minimum Gasteiger partial charge on any atom is -0.453 e. The van der Waals surface area contributed by atoms with Gasteiger partial charge < -0.3 is 44.6 Å². The van der Waals surface area contributed by atoms with E-state index in [1.165, 1.54) is 21.3 Å². The van der Waals surface area contributed by atoms with Gasteiger partial charge in [-0.05, 0) is 80.3 Å². The maximum atomic E-state index is 13.6. The number of fused-ring (bicyclic) bond motifs is 1. The van der Waals surface area contributed by atoms with E-state index in [4.69, 9.17) is 19.2 Å². The molecule has 2 aliphatic heterocycles. The molecular formula is C41H50N8O7. The molecule has 0 saturated carbocycles. The average molecular weight is 767 g/mol. The van der Waals surface area contributed by atoms with Crippen LogP contribution >= 0.6 is 0 Å². The second-order valence-electron chi connectivity index (χ2n) is 14.6. The summed E-state index contributed by atoms with van der Waals surface area (Å²) in [5, 5.41) is 7.35. The third-order valence-corrected chi connectivity index (χ3v) is 10.6. The molecule has 2 aliphatic rings. The van der Waals surface area contributed by atoms with Gasteiger partial charge >= 0.3 is 12.2 Å². The van der Waals surface area contributed by atoms with Crippen LogP contribution in [0.25, 0.3) is 22.0 Å². The van der Waals surface area contributed by atoms with Gasteiger partial charge in [0.15, 0.2) is 0 Å². The van der Waals surface area contributed by atoms with Gasteiger partial charge in [-0.1, -0.05) is 38.0 Å². The Balaban J connectivity index is 1.15. The molecule has 296 valence electrons. The fourth-order valence-electron chi connectivity index (χ4n) is 7.43. The Morgan fingerprint density at radius 2 is 1.41 bits per heavy atom. The Bertz CT molecular complexity index is 2150. The lowest BCUT2D eigenvalue weighted by Crippen LogP contribution is -2.54. The quantitative estimate of drug-likeness (QED) is 0.159. The molecular weight excluding hydrogens is 716 g/mol. The number of aryl methyl sites for hydroxylation is 1. The zero-order valence-electron chi connectivity index (χ0n) is 32.9. The fourth-order valence-corrected chi connectivity index (χ4v) is 7.43. The van der Waals surface area contributed by atoms with Crippen LogP contribution in [-0.2, 0) is 23.8 Å². The van der Waals surface area contributed by atoms with E-state index in [0.29, 0.717) is 30.4 Å². The standard InChI is InChI=1S/C41H50N8O7/c1-23(2)34(46-40(52)55-6)38(50)49-19-9-11-33(49)37-43-24(3)30(44-37)17-13-26-12-14-28-21-29(16-15-27(28)20-26)31-22-42-36(45-31)32-10-8-18-48(32)39(51)35(25(4)54-5)47-41(53)56-7/h12,14-16,20-23,25,32-35H,8-11,18-19H2,1-7H3,(H,42,45)(H,43,44)(H,46,52)(H,47,53)/t25-,32?,33?,34+,35?/m1/s1. The number of alkyl carbamates (subject to hydrolysis) is 2. The number of carbonyl (C=O) groups excluding carboxylic acids is 4. The highest BCUT2D eigenvalue weighted by Gasteiger charge is 2.39. The smallest absolute Gasteiger partial charge is 0.407 e. The Hall–Kier alpha value is -5.88. The number of methoxy groups -OCH3 is 3. The molecule has 6 rings (SSSR count). The van der Waals surface area contributed by atoms with E-state index in [2.05, 4.69) is 43.5 Å². The summed E-state index contributed by atoms with van der Waals surface area (Å²) in [6.07, 6.45) is 3.01. The molecule has 0 radical (unpaired) electrons. The fraction of sp³-hybridized carbons (Fsp3) is 0.463. The average Bonchev–Trinajstić information content (AvgIpc) is 4.04. The molecule has 15 nitrogen and oxygen atoms in total. The number of rotatable bonds is 10. The summed E-state index contributed by atoms with van der Waals surface area (Å²) in [5.74, 6) is 7.30. The Morgan fingerprint density at radius 1 is 0.804 bits per heavy atom. The van der Waals surface area contributed by atoms with Crippen molar-refractivity contribution in [2.75, 3.05) is 34.4 Å². The molecule has 56 heavy (non-hydrogen) atoms. The van der Waals surface area contributed by atoms with E-state index in [1.807, 2.05) is 51.1 Å². The number of hydrogen-bond acceptors (Lipinski definition) is 9. The van der Waals surface area contributed by atoms with E-state index in [9.17, 15) is 19.2 Å². The van der Waals surface area contributed by atoms with Gasteiger partial charge in [0.05, 0.1) is 44.3 Å². The lowest BCUT2D eigenvalue weighted by Gasteiger charge is -2.30. The van der Waals surface area contributed by atoms with Gasteiger partial charge in [0.25, 0.3) is 0 Å². The number of H-pyrrole nitrogens is 2. The van der Waals surface area contributed by atoms with Crippen LogP contribution in [0, 0.1) is 24.7 Å². The highest BCUT2D eigenvalue weighted by molar-refractivity contribution is 5.89. The number of carbonyl (C=O) groups is 4. The first-order chi connectivity index (χ1) is 26.9. The van der Waals surface area contributed by atoms with Crippen LogP contribution in [0.3, 0.4) is 0 Å². The number of amides is 4. The van der Waals surface area contributed by atoms with Gasteiger partial charge in [0.1, 0.15) is 29.4 Å². The number of benzene rings is 2. The van der Waals surface area contributed by atoms with Crippen LogP contribution in [0.1, 0.15) is 87.1 Å². The highest BCUT2D eigenvalue weighted by atomic mass is 16.5. The van der Waals surface area contributed by atoms with Gasteiger partial charge in [-0.15, -0.1) is 0 Å². The minimum absolute atomic E-state index is 0.120. The van der Waals surface area contributed by atoms with Crippen molar-refractivity contribution in [3.8, 4) is 23.1 Å². The summed E-state index contributed by atoms with van der Waals surface area (Å²) in [5.41, 5.74) is 4.04. The number of aromatic nitrogens is 4. The van der Waals surface area contributed by atoms with Crippen molar-refractivity contribution in [3.05, 3.63) is 71.2 Å². The van der Waals surface area contributed by atoms with E-state index < -0.39 is 30.4 Å². The Labute approximate surface area is 326 Å². The molecule has 4 N–H and O–H groups in total. The van der Waals surface area contributed by atoms with Gasteiger partial charge in [-0.2, -0.15) is 0 Å². The van der Waals surface area contributed by atoms with Crippen molar-refractivity contribution in [1.29, 1.82) is 0 Å². The predicted octanol–water partition coefficient (Wildman–Crippen LogP) is 5.13. The number of nitrogens with one attached hydrogen (secondary N) is 4. The van der Waals surface area contributed by atoms with Crippen molar-refractivity contribution in [3.63, 3.8) is 0 Å². The molecule has 0 spiro atoms. The molecule has 2 fully saturated rings. The lowest BCUT2D eigenvalue weighted by molar-refractivity contribution is -0.137. The molecule has 4 heterocycles. The third kappa shape index (κ3) is 8.50. The van der Waals surface area contributed by atoms with E-state index in [-0.39, 0.29) is 29.8 Å². The maximum Gasteiger partial charge on any atom is 0.407 e. The Morgan fingerprint density at radius 3 is 2.05 bits per heavy atom. The van der Waals surface area contributed by atoms with Gasteiger partial charge in [0.2, 0.25) is 11.8 Å².